The number of ether oxygens (including phenoxy) is 1. The molecule has 0 saturated carbocycles. The number of hydrogen-bond acceptors (Lipinski definition) is 5. The fraction of sp³-hybridized carbons (Fsp3) is 0.0938. The number of aromatic nitrogens is 3. The van der Waals surface area contributed by atoms with Gasteiger partial charge in [0.15, 0.2) is 10.2 Å². The molecule has 0 spiro atoms. The minimum atomic E-state index is -0.159. The van der Waals surface area contributed by atoms with Crippen molar-refractivity contribution in [2.24, 2.45) is 0 Å². The standard InChI is InChI=1S/C32H25N5OS2/c1-21-11-15-23(16-12-21)38-24-17-13-22(14-18-24)37-30(29(35-31(37)39)26-8-4-5-19-33-26)27-9-6-20-36(27)32-34-25-7-2-3-10-28(25)40-32/h2-20,29-30H,1H3,(H,35,39)/t29-,30+/m0/s1. The number of hydrogen-bond donors (Lipinski definition) is 1. The van der Waals surface area contributed by atoms with Gasteiger partial charge in [-0.05, 0) is 91.9 Å². The van der Waals surface area contributed by atoms with Crippen LogP contribution in [0.15, 0.2) is 116 Å². The van der Waals surface area contributed by atoms with E-state index >= 15 is 0 Å². The van der Waals surface area contributed by atoms with Crippen molar-refractivity contribution in [3.8, 4) is 16.6 Å². The van der Waals surface area contributed by atoms with Gasteiger partial charge >= 0.3 is 0 Å². The molecule has 0 amide bonds. The van der Waals surface area contributed by atoms with Crippen LogP contribution < -0.4 is 15.0 Å². The minimum Gasteiger partial charge on any atom is -0.457 e. The normalized spacial score (nSPS) is 16.8. The second-order valence-corrected chi connectivity index (χ2v) is 11.1. The van der Waals surface area contributed by atoms with E-state index in [0.29, 0.717) is 5.11 Å². The number of nitrogens with zero attached hydrogens (tertiary/aromatic N) is 4. The lowest BCUT2D eigenvalue weighted by atomic mass is 10.0. The third-order valence-electron chi connectivity index (χ3n) is 7.04. The Morgan fingerprint density at radius 2 is 1.60 bits per heavy atom. The Labute approximate surface area is 241 Å². The van der Waals surface area contributed by atoms with Gasteiger partial charge < -0.3 is 15.0 Å². The summed E-state index contributed by atoms with van der Waals surface area (Å²) in [4.78, 5) is 11.8. The van der Waals surface area contributed by atoms with E-state index in [-0.39, 0.29) is 12.1 Å². The molecule has 1 saturated heterocycles. The zero-order valence-electron chi connectivity index (χ0n) is 21.6. The molecule has 6 aromatic rings. The minimum absolute atomic E-state index is 0.153. The van der Waals surface area contributed by atoms with E-state index in [1.807, 2.05) is 79.0 Å². The lowest BCUT2D eigenvalue weighted by Crippen LogP contribution is -2.30. The molecule has 6 nitrogen and oxygen atoms in total. The fourth-order valence-electron chi connectivity index (χ4n) is 5.12. The SMILES string of the molecule is Cc1ccc(Oc2ccc(N3C(=S)N[C@@H](c4ccccn4)[C@H]3c3cccn3-c3nc4ccccc4s3)cc2)cc1. The first-order valence-corrected chi connectivity index (χ1v) is 14.2. The van der Waals surface area contributed by atoms with Gasteiger partial charge in [-0.25, -0.2) is 4.98 Å². The lowest BCUT2D eigenvalue weighted by molar-refractivity contribution is 0.482. The van der Waals surface area contributed by atoms with Gasteiger partial charge in [0.05, 0.1) is 27.6 Å². The van der Waals surface area contributed by atoms with Gasteiger partial charge in [0.1, 0.15) is 17.5 Å². The van der Waals surface area contributed by atoms with E-state index in [9.17, 15) is 0 Å². The summed E-state index contributed by atoms with van der Waals surface area (Å²) < 4.78 is 9.41. The molecule has 0 bridgehead atoms. The number of nitrogens with one attached hydrogen (secondary N) is 1. The average Bonchev–Trinajstić information content (AvgIpc) is 3.71. The molecule has 0 aliphatic carbocycles. The number of aryl methyl sites for hydroxylation is 1. The Bertz CT molecular complexity index is 1760. The highest BCUT2D eigenvalue weighted by Crippen LogP contribution is 2.43. The maximum atomic E-state index is 6.09. The first-order valence-electron chi connectivity index (χ1n) is 13.0. The molecule has 1 aliphatic rings. The largest absolute Gasteiger partial charge is 0.457 e. The van der Waals surface area contributed by atoms with Crippen LogP contribution in [-0.2, 0) is 0 Å². The average molecular weight is 560 g/mol. The van der Waals surface area contributed by atoms with Gasteiger partial charge in [0.2, 0.25) is 0 Å². The summed E-state index contributed by atoms with van der Waals surface area (Å²) in [5, 5.41) is 5.12. The van der Waals surface area contributed by atoms with Crippen molar-refractivity contribution in [3.05, 3.63) is 132 Å². The van der Waals surface area contributed by atoms with Crippen LogP contribution in [0.2, 0.25) is 0 Å². The summed E-state index contributed by atoms with van der Waals surface area (Å²) in [7, 11) is 0. The number of anilines is 1. The Kier molecular flexibility index (Phi) is 6.26. The van der Waals surface area contributed by atoms with Gasteiger partial charge in [-0.1, -0.05) is 47.2 Å². The first-order chi connectivity index (χ1) is 19.6. The van der Waals surface area contributed by atoms with Crippen molar-refractivity contribution < 1.29 is 4.74 Å². The Hall–Kier alpha value is -4.53. The molecule has 0 unspecified atom stereocenters. The summed E-state index contributed by atoms with van der Waals surface area (Å²) in [5.74, 6) is 1.57. The first kappa shape index (κ1) is 24.5. The van der Waals surface area contributed by atoms with Crippen LogP contribution in [0.3, 0.4) is 0 Å². The van der Waals surface area contributed by atoms with Crippen LogP contribution >= 0.6 is 23.6 Å². The number of benzene rings is 3. The van der Waals surface area contributed by atoms with Gasteiger partial charge in [-0.15, -0.1) is 0 Å². The smallest absolute Gasteiger partial charge is 0.194 e. The van der Waals surface area contributed by atoms with E-state index in [1.165, 1.54) is 5.56 Å². The second kappa shape index (κ2) is 10.2. The lowest BCUT2D eigenvalue weighted by Gasteiger charge is -2.28. The van der Waals surface area contributed by atoms with Crippen LogP contribution in [0.4, 0.5) is 5.69 Å². The highest BCUT2D eigenvalue weighted by molar-refractivity contribution is 7.80. The van der Waals surface area contributed by atoms with Gasteiger partial charge in [-0.3, -0.25) is 9.55 Å². The number of thiocarbonyl (C=S) groups is 1. The fourth-order valence-corrected chi connectivity index (χ4v) is 6.44. The molecule has 1 fully saturated rings. The number of thiazole rings is 1. The van der Waals surface area contributed by atoms with E-state index in [1.54, 1.807) is 11.3 Å². The molecule has 196 valence electrons. The highest BCUT2D eigenvalue weighted by atomic mass is 32.1. The van der Waals surface area contributed by atoms with Gasteiger partial charge in [0, 0.05) is 18.1 Å². The third-order valence-corrected chi connectivity index (χ3v) is 8.39. The highest BCUT2D eigenvalue weighted by Gasteiger charge is 2.42. The summed E-state index contributed by atoms with van der Waals surface area (Å²) >= 11 is 7.62. The number of fused-ring (bicyclic) bond motifs is 1. The second-order valence-electron chi connectivity index (χ2n) is 9.67. The van der Waals surface area contributed by atoms with Crippen molar-refractivity contribution >= 4 is 44.6 Å². The summed E-state index contributed by atoms with van der Waals surface area (Å²) in [6.45, 7) is 2.06. The van der Waals surface area contributed by atoms with Crippen molar-refractivity contribution in [2.45, 2.75) is 19.0 Å². The van der Waals surface area contributed by atoms with Crippen LogP contribution in [0.25, 0.3) is 15.3 Å². The molecule has 2 atom stereocenters. The Morgan fingerprint density at radius 3 is 2.35 bits per heavy atom. The van der Waals surface area contributed by atoms with Crippen molar-refractivity contribution in [1.82, 2.24) is 19.9 Å². The van der Waals surface area contributed by atoms with Crippen LogP contribution in [0.1, 0.15) is 29.0 Å². The zero-order chi connectivity index (χ0) is 27.1. The van der Waals surface area contributed by atoms with E-state index in [0.717, 1.165) is 43.9 Å². The molecule has 4 heterocycles. The van der Waals surface area contributed by atoms with Crippen LogP contribution in [0.5, 0.6) is 11.5 Å². The van der Waals surface area contributed by atoms with E-state index in [4.69, 9.17) is 26.9 Å². The predicted molar refractivity (Wildman–Crippen MR) is 165 cm³/mol. The van der Waals surface area contributed by atoms with Gasteiger partial charge in [0.25, 0.3) is 0 Å². The zero-order valence-corrected chi connectivity index (χ0v) is 23.3. The maximum absolute atomic E-state index is 6.09. The number of rotatable bonds is 6. The molecule has 3 aromatic heterocycles. The van der Waals surface area contributed by atoms with E-state index < -0.39 is 0 Å². The van der Waals surface area contributed by atoms with Crippen LogP contribution in [-0.4, -0.2) is 19.6 Å². The van der Waals surface area contributed by atoms with Crippen LogP contribution in [0, 0.1) is 6.92 Å². The quantitative estimate of drug-likeness (QED) is 0.211. The Morgan fingerprint density at radius 1 is 0.850 bits per heavy atom. The molecule has 1 N–H and O–H groups in total. The van der Waals surface area contributed by atoms with Crippen molar-refractivity contribution in [2.75, 3.05) is 4.90 Å². The molecule has 1 aliphatic heterocycles. The molecule has 8 heteroatoms. The molecular weight excluding hydrogens is 535 g/mol. The Balaban J connectivity index is 1.28. The summed E-state index contributed by atoms with van der Waals surface area (Å²) in [6.07, 6.45) is 3.89. The topological polar surface area (TPSA) is 55.2 Å². The molecule has 3 aromatic carbocycles. The van der Waals surface area contributed by atoms with E-state index in [2.05, 4.69) is 58.2 Å². The maximum Gasteiger partial charge on any atom is 0.194 e. The molecular formula is C32H25N5OS2. The molecule has 0 radical (unpaired) electrons. The van der Waals surface area contributed by atoms with Gasteiger partial charge in [-0.2, -0.15) is 0 Å². The predicted octanol–water partition coefficient (Wildman–Crippen LogP) is 7.76. The molecule has 7 rings (SSSR count). The van der Waals surface area contributed by atoms with Crippen molar-refractivity contribution in [1.29, 1.82) is 0 Å². The monoisotopic (exact) mass is 559 g/mol. The van der Waals surface area contributed by atoms with Crippen molar-refractivity contribution in [3.63, 3.8) is 0 Å². The summed E-state index contributed by atoms with van der Waals surface area (Å²) in [5.41, 5.74) is 5.15. The summed E-state index contributed by atoms with van der Waals surface area (Å²) in [6, 6.07) is 34.2. The number of para-hydroxylation sites is 1. The third kappa shape index (κ3) is 4.51. The number of pyridine rings is 1. The molecule has 40 heavy (non-hydrogen) atoms.